The molecule has 0 saturated carbocycles. The molecule has 1 fully saturated rings. The lowest BCUT2D eigenvalue weighted by atomic mass is 9.90. The van der Waals surface area contributed by atoms with E-state index in [9.17, 15) is 0 Å². The Morgan fingerprint density at radius 1 is 1.21 bits per heavy atom. The van der Waals surface area contributed by atoms with Crippen molar-refractivity contribution in [1.29, 1.82) is 0 Å². The van der Waals surface area contributed by atoms with Gasteiger partial charge in [0.15, 0.2) is 3.01 Å². The smallest absolute Gasteiger partial charge is 0.178 e. The Morgan fingerprint density at radius 2 is 1.93 bits per heavy atom. The fourth-order valence-electron chi connectivity index (χ4n) is 2.04. The first-order valence-electron chi connectivity index (χ1n) is 4.74. The van der Waals surface area contributed by atoms with Crippen LogP contribution in [0.25, 0.3) is 0 Å². The lowest BCUT2D eigenvalue weighted by Crippen LogP contribution is -2.14. The summed E-state index contributed by atoms with van der Waals surface area (Å²) in [5, 5.41) is 9.39. The van der Waals surface area contributed by atoms with E-state index in [1.807, 2.05) is 0 Å². The molecule has 0 bridgehead atoms. The molecule has 4 atom stereocenters. The van der Waals surface area contributed by atoms with Crippen LogP contribution in [0.15, 0.2) is 0 Å². The van der Waals surface area contributed by atoms with E-state index in [1.165, 1.54) is 0 Å². The molecule has 4 unspecified atom stereocenters. The summed E-state index contributed by atoms with van der Waals surface area (Å²) < 4.78 is 6.80. The van der Waals surface area contributed by atoms with E-state index in [0.717, 1.165) is 8.02 Å². The molecule has 2 heterocycles. The second-order valence-electron chi connectivity index (χ2n) is 3.82. The van der Waals surface area contributed by atoms with Crippen LogP contribution in [0.4, 0.5) is 0 Å². The Balaban J connectivity index is 2.25. The topological polar surface area (TPSA) is 35.0 Å². The van der Waals surface area contributed by atoms with Gasteiger partial charge < -0.3 is 4.74 Å². The molecule has 14 heavy (non-hydrogen) atoms. The number of hydrogen-bond donors (Lipinski definition) is 0. The van der Waals surface area contributed by atoms with Crippen molar-refractivity contribution in [3.05, 3.63) is 8.02 Å². The minimum absolute atomic E-state index is 0.267. The fourth-order valence-corrected chi connectivity index (χ4v) is 3.71. The highest BCUT2D eigenvalue weighted by Gasteiger charge is 2.39. The predicted octanol–water partition coefficient (Wildman–Crippen LogP) is 2.67. The minimum Gasteiger partial charge on any atom is -0.375 e. The Bertz CT molecular complexity index is 330. The molecule has 5 heteroatoms. The van der Waals surface area contributed by atoms with Crippen LogP contribution in [-0.4, -0.2) is 22.4 Å². The van der Waals surface area contributed by atoms with Crippen molar-refractivity contribution in [3.8, 4) is 0 Å². The van der Waals surface area contributed by atoms with E-state index in [2.05, 4.69) is 53.6 Å². The van der Waals surface area contributed by atoms with Crippen LogP contribution in [0.5, 0.6) is 0 Å². The molecule has 0 radical (unpaired) electrons. The predicted molar refractivity (Wildman–Crippen MR) is 64.5 cm³/mol. The number of aromatic nitrogens is 2. The van der Waals surface area contributed by atoms with Gasteiger partial charge in [0.2, 0.25) is 0 Å². The number of halogens is 1. The van der Waals surface area contributed by atoms with Gasteiger partial charge in [-0.25, -0.2) is 0 Å². The highest BCUT2D eigenvalue weighted by molar-refractivity contribution is 14.1. The van der Waals surface area contributed by atoms with E-state index in [1.54, 1.807) is 11.3 Å². The van der Waals surface area contributed by atoms with Crippen molar-refractivity contribution in [2.75, 3.05) is 0 Å². The van der Waals surface area contributed by atoms with Crippen LogP contribution >= 0.6 is 33.9 Å². The standard InChI is InChI=1S/C9H13IN2OS/c1-4-5(2)13-6(3)7(4)8-11-12-9(10)14-8/h4-7H,1-3H3. The zero-order valence-corrected chi connectivity index (χ0v) is 11.4. The summed E-state index contributed by atoms with van der Waals surface area (Å²) in [6.45, 7) is 6.49. The van der Waals surface area contributed by atoms with Crippen LogP contribution in [0.3, 0.4) is 0 Å². The van der Waals surface area contributed by atoms with E-state index < -0.39 is 0 Å². The van der Waals surface area contributed by atoms with Crippen LogP contribution in [-0.2, 0) is 4.74 Å². The normalized spacial score (nSPS) is 37.7. The van der Waals surface area contributed by atoms with Gasteiger partial charge in [-0.2, -0.15) is 0 Å². The average Bonchev–Trinajstić information content (AvgIpc) is 2.60. The summed E-state index contributed by atoms with van der Waals surface area (Å²) >= 11 is 3.89. The first-order chi connectivity index (χ1) is 6.59. The largest absolute Gasteiger partial charge is 0.375 e. The van der Waals surface area contributed by atoms with Gasteiger partial charge >= 0.3 is 0 Å². The van der Waals surface area contributed by atoms with Crippen molar-refractivity contribution in [2.45, 2.75) is 38.9 Å². The van der Waals surface area contributed by atoms with Gasteiger partial charge in [0, 0.05) is 5.92 Å². The minimum atomic E-state index is 0.267. The maximum Gasteiger partial charge on any atom is 0.178 e. The van der Waals surface area contributed by atoms with Crippen LogP contribution in [0, 0.1) is 8.93 Å². The van der Waals surface area contributed by atoms with Crippen molar-refractivity contribution >= 4 is 33.9 Å². The molecule has 1 aromatic heterocycles. The van der Waals surface area contributed by atoms with Gasteiger partial charge in [0.05, 0.1) is 12.2 Å². The third-order valence-electron chi connectivity index (χ3n) is 2.94. The number of ether oxygens (including phenoxy) is 1. The van der Waals surface area contributed by atoms with Gasteiger partial charge in [-0.3, -0.25) is 0 Å². The SMILES string of the molecule is CC1OC(C)C(c2nnc(I)s2)C1C. The molecule has 78 valence electrons. The van der Waals surface area contributed by atoms with Gasteiger partial charge in [-0.1, -0.05) is 18.3 Å². The number of rotatable bonds is 1. The van der Waals surface area contributed by atoms with Crippen molar-refractivity contribution in [2.24, 2.45) is 5.92 Å². The Kier molecular flexibility index (Phi) is 3.09. The molecule has 1 aliphatic rings. The number of nitrogens with zero attached hydrogens (tertiary/aromatic N) is 2. The molecule has 0 amide bonds. The molecule has 0 spiro atoms. The molecule has 3 nitrogen and oxygen atoms in total. The average molecular weight is 324 g/mol. The molecule has 1 aliphatic heterocycles. The maximum atomic E-state index is 5.79. The molecule has 0 aromatic carbocycles. The molecule has 1 aromatic rings. The van der Waals surface area contributed by atoms with Crippen molar-refractivity contribution in [1.82, 2.24) is 10.2 Å². The van der Waals surface area contributed by atoms with E-state index >= 15 is 0 Å². The monoisotopic (exact) mass is 324 g/mol. The van der Waals surface area contributed by atoms with Gasteiger partial charge in [0.25, 0.3) is 0 Å². The highest BCUT2D eigenvalue weighted by Crippen LogP contribution is 2.40. The Morgan fingerprint density at radius 3 is 2.36 bits per heavy atom. The van der Waals surface area contributed by atoms with E-state index in [0.29, 0.717) is 17.9 Å². The summed E-state index contributed by atoms with van der Waals surface area (Å²) in [6, 6.07) is 0. The van der Waals surface area contributed by atoms with Crippen LogP contribution < -0.4 is 0 Å². The van der Waals surface area contributed by atoms with Crippen LogP contribution in [0.2, 0.25) is 0 Å². The van der Waals surface area contributed by atoms with Gasteiger partial charge in [-0.15, -0.1) is 10.2 Å². The molecular weight excluding hydrogens is 311 g/mol. The Labute approximate surface area is 101 Å². The molecule has 0 N–H and O–H groups in total. The third-order valence-corrected chi connectivity index (χ3v) is 4.63. The maximum absolute atomic E-state index is 5.79. The second-order valence-corrected chi connectivity index (χ2v) is 6.59. The summed E-state index contributed by atoms with van der Waals surface area (Å²) in [5.41, 5.74) is 0. The Hall–Kier alpha value is 0.250. The van der Waals surface area contributed by atoms with E-state index in [4.69, 9.17) is 4.74 Å². The zero-order valence-electron chi connectivity index (χ0n) is 8.40. The first-order valence-corrected chi connectivity index (χ1v) is 6.63. The molecule has 1 saturated heterocycles. The molecule has 0 aliphatic carbocycles. The summed E-state index contributed by atoms with van der Waals surface area (Å²) in [7, 11) is 0. The third kappa shape index (κ3) is 1.81. The lowest BCUT2D eigenvalue weighted by Gasteiger charge is -2.14. The fraction of sp³-hybridized carbons (Fsp3) is 0.778. The second kappa shape index (κ2) is 4.02. The molecular formula is C9H13IN2OS. The molecule has 2 rings (SSSR count). The summed E-state index contributed by atoms with van der Waals surface area (Å²) in [5.74, 6) is 0.958. The number of hydrogen-bond acceptors (Lipinski definition) is 4. The van der Waals surface area contributed by atoms with Crippen molar-refractivity contribution in [3.63, 3.8) is 0 Å². The van der Waals surface area contributed by atoms with Crippen LogP contribution in [0.1, 0.15) is 31.7 Å². The zero-order chi connectivity index (χ0) is 10.3. The van der Waals surface area contributed by atoms with E-state index in [-0.39, 0.29) is 6.10 Å². The van der Waals surface area contributed by atoms with Gasteiger partial charge in [0.1, 0.15) is 5.01 Å². The highest BCUT2D eigenvalue weighted by atomic mass is 127. The lowest BCUT2D eigenvalue weighted by molar-refractivity contribution is 0.0556. The first kappa shape index (κ1) is 10.8. The summed E-state index contributed by atoms with van der Waals surface area (Å²) in [6.07, 6.45) is 0.598. The quantitative estimate of drug-likeness (QED) is 0.745. The van der Waals surface area contributed by atoms with Gasteiger partial charge in [-0.05, 0) is 42.4 Å². The summed E-state index contributed by atoms with van der Waals surface area (Å²) in [4.78, 5) is 0. The van der Waals surface area contributed by atoms with Crippen molar-refractivity contribution < 1.29 is 4.74 Å².